The van der Waals surface area contributed by atoms with Crippen LogP contribution in [0, 0.1) is 0 Å². The Morgan fingerprint density at radius 3 is 2.71 bits per heavy atom. The second kappa shape index (κ2) is 8.30. The number of aromatic nitrogens is 1. The Labute approximate surface area is 150 Å². The zero-order chi connectivity index (χ0) is 16.9. The van der Waals surface area contributed by atoms with E-state index in [1.54, 1.807) is 11.3 Å². The van der Waals surface area contributed by atoms with Crippen molar-refractivity contribution in [2.75, 3.05) is 13.6 Å². The molecule has 0 aromatic carbocycles. The second-order valence-electron chi connectivity index (χ2n) is 7.00. The van der Waals surface area contributed by atoms with E-state index in [1.165, 1.54) is 37.1 Å². The van der Waals surface area contributed by atoms with Crippen LogP contribution < -0.4 is 10.6 Å². The normalized spacial score (nSPS) is 28.0. The Morgan fingerprint density at radius 2 is 2.08 bits per heavy atom. The van der Waals surface area contributed by atoms with Gasteiger partial charge in [-0.1, -0.05) is 13.3 Å². The minimum Gasteiger partial charge on any atom is -0.357 e. The quantitative estimate of drug-likeness (QED) is 0.634. The summed E-state index contributed by atoms with van der Waals surface area (Å²) in [6.07, 6.45) is 7.55. The third-order valence-corrected chi connectivity index (χ3v) is 6.37. The zero-order valence-electron chi connectivity index (χ0n) is 15.2. The average molecular weight is 350 g/mol. The van der Waals surface area contributed by atoms with Gasteiger partial charge in [-0.15, -0.1) is 11.3 Å². The molecule has 3 heterocycles. The third-order valence-electron chi connectivity index (χ3n) is 5.33. The van der Waals surface area contributed by atoms with E-state index in [9.17, 15) is 0 Å². The average Bonchev–Trinajstić information content (AvgIpc) is 3.02. The van der Waals surface area contributed by atoms with Crippen molar-refractivity contribution >= 4 is 17.3 Å². The lowest BCUT2D eigenvalue weighted by Crippen LogP contribution is -2.56. The fourth-order valence-electron chi connectivity index (χ4n) is 3.99. The van der Waals surface area contributed by atoms with E-state index >= 15 is 0 Å². The van der Waals surface area contributed by atoms with E-state index in [2.05, 4.69) is 46.8 Å². The lowest BCUT2D eigenvalue weighted by molar-refractivity contribution is 0.0526. The number of aryl methyl sites for hydroxylation is 1. The van der Waals surface area contributed by atoms with Gasteiger partial charge in [0.05, 0.1) is 17.2 Å². The molecule has 134 valence electrons. The first kappa shape index (κ1) is 17.7. The van der Waals surface area contributed by atoms with Crippen LogP contribution in [0.5, 0.6) is 0 Å². The summed E-state index contributed by atoms with van der Waals surface area (Å²) in [6, 6.07) is 2.02. The topological polar surface area (TPSA) is 52.6 Å². The highest BCUT2D eigenvalue weighted by Crippen LogP contribution is 2.32. The molecule has 3 rings (SSSR count). The van der Waals surface area contributed by atoms with Crippen LogP contribution in [0.4, 0.5) is 0 Å². The minimum atomic E-state index is 0.538. The predicted octanol–water partition coefficient (Wildman–Crippen LogP) is 2.78. The maximum atomic E-state index is 4.76. The van der Waals surface area contributed by atoms with Crippen molar-refractivity contribution in [2.45, 2.75) is 77.0 Å². The van der Waals surface area contributed by atoms with Crippen LogP contribution in [0.25, 0.3) is 0 Å². The molecule has 0 saturated carbocycles. The van der Waals surface area contributed by atoms with Crippen molar-refractivity contribution in [1.82, 2.24) is 20.5 Å². The molecule has 1 aromatic heterocycles. The van der Waals surface area contributed by atoms with Crippen molar-refractivity contribution < 1.29 is 0 Å². The molecule has 0 aliphatic carbocycles. The predicted molar refractivity (Wildman–Crippen MR) is 102 cm³/mol. The molecule has 2 unspecified atom stereocenters. The molecular formula is C18H31N5S. The van der Waals surface area contributed by atoms with Gasteiger partial charge in [0.1, 0.15) is 0 Å². The Hall–Kier alpha value is -1.14. The second-order valence-corrected chi connectivity index (χ2v) is 7.94. The SMILES string of the molecule is CCNC(=NCc1csc(CC)n1)NC1CC2CCCC(C1)N2C. The Bertz CT molecular complexity index is 541. The first-order valence-electron chi connectivity index (χ1n) is 9.39. The van der Waals surface area contributed by atoms with Gasteiger partial charge >= 0.3 is 0 Å². The summed E-state index contributed by atoms with van der Waals surface area (Å²) in [5.41, 5.74) is 1.08. The van der Waals surface area contributed by atoms with E-state index < -0.39 is 0 Å². The Morgan fingerprint density at radius 1 is 1.33 bits per heavy atom. The first-order chi connectivity index (χ1) is 11.7. The number of hydrogen-bond donors (Lipinski definition) is 2. The van der Waals surface area contributed by atoms with Gasteiger partial charge in [0.25, 0.3) is 0 Å². The van der Waals surface area contributed by atoms with E-state index in [1.807, 2.05) is 0 Å². The summed E-state index contributed by atoms with van der Waals surface area (Å²) in [4.78, 5) is 12.0. The van der Waals surface area contributed by atoms with Gasteiger partial charge in [-0.2, -0.15) is 0 Å². The van der Waals surface area contributed by atoms with Crippen LogP contribution in [0.15, 0.2) is 10.4 Å². The van der Waals surface area contributed by atoms with Crippen molar-refractivity contribution in [2.24, 2.45) is 4.99 Å². The van der Waals surface area contributed by atoms with Crippen LogP contribution in [-0.4, -0.2) is 47.6 Å². The molecule has 1 aromatic rings. The molecule has 24 heavy (non-hydrogen) atoms. The maximum Gasteiger partial charge on any atom is 0.191 e. The first-order valence-corrected chi connectivity index (χ1v) is 10.3. The van der Waals surface area contributed by atoms with E-state index in [0.717, 1.165) is 36.7 Å². The molecule has 0 amide bonds. The molecule has 0 spiro atoms. The minimum absolute atomic E-state index is 0.538. The molecule has 2 fully saturated rings. The number of rotatable bonds is 5. The van der Waals surface area contributed by atoms with Crippen LogP contribution in [0.2, 0.25) is 0 Å². The fourth-order valence-corrected chi connectivity index (χ4v) is 4.73. The third kappa shape index (κ3) is 4.28. The molecule has 6 heteroatoms. The number of piperidine rings is 2. The monoisotopic (exact) mass is 349 g/mol. The molecule has 2 aliphatic rings. The Balaban J connectivity index is 1.60. The smallest absolute Gasteiger partial charge is 0.191 e. The number of aliphatic imine (C=N–C) groups is 1. The number of nitrogens with zero attached hydrogens (tertiary/aromatic N) is 3. The number of thiazole rings is 1. The van der Waals surface area contributed by atoms with E-state index in [0.29, 0.717) is 12.6 Å². The fraction of sp³-hybridized carbons (Fsp3) is 0.778. The number of fused-ring (bicyclic) bond motifs is 2. The molecular weight excluding hydrogens is 318 g/mol. The van der Waals surface area contributed by atoms with Gasteiger partial charge in [-0.05, 0) is 46.1 Å². The standard InChI is InChI=1S/C18H31N5S/c1-4-17-21-14(12-24-17)11-20-18(19-5-2)22-13-9-15-7-6-8-16(10-13)23(15)3/h12-13,15-16H,4-11H2,1-3H3,(H2,19,20,22). The number of guanidine groups is 1. The summed E-state index contributed by atoms with van der Waals surface area (Å²) in [6.45, 7) is 5.82. The number of hydrogen-bond acceptors (Lipinski definition) is 4. The van der Waals surface area contributed by atoms with Gasteiger partial charge in [0, 0.05) is 30.1 Å². The Kier molecular flexibility index (Phi) is 6.11. The van der Waals surface area contributed by atoms with Crippen LogP contribution in [0.1, 0.15) is 56.7 Å². The van der Waals surface area contributed by atoms with Crippen molar-refractivity contribution in [3.05, 3.63) is 16.1 Å². The zero-order valence-corrected chi connectivity index (χ0v) is 16.0. The lowest BCUT2D eigenvalue weighted by atomic mass is 9.82. The summed E-state index contributed by atoms with van der Waals surface area (Å²) in [5, 5.41) is 10.4. The summed E-state index contributed by atoms with van der Waals surface area (Å²) in [7, 11) is 2.30. The molecule has 2 N–H and O–H groups in total. The van der Waals surface area contributed by atoms with Crippen LogP contribution in [-0.2, 0) is 13.0 Å². The number of nitrogens with one attached hydrogen (secondary N) is 2. The maximum absolute atomic E-state index is 4.76. The van der Waals surface area contributed by atoms with Gasteiger partial charge in [-0.25, -0.2) is 9.98 Å². The molecule has 2 saturated heterocycles. The molecule has 5 nitrogen and oxygen atoms in total. The van der Waals surface area contributed by atoms with Crippen molar-refractivity contribution in [3.63, 3.8) is 0 Å². The van der Waals surface area contributed by atoms with Gasteiger partial charge < -0.3 is 15.5 Å². The summed E-state index contributed by atoms with van der Waals surface area (Å²) >= 11 is 1.73. The highest BCUT2D eigenvalue weighted by atomic mass is 32.1. The van der Waals surface area contributed by atoms with E-state index in [4.69, 9.17) is 4.99 Å². The largest absolute Gasteiger partial charge is 0.357 e. The highest BCUT2D eigenvalue weighted by Gasteiger charge is 2.36. The van der Waals surface area contributed by atoms with Gasteiger partial charge in [0.2, 0.25) is 0 Å². The van der Waals surface area contributed by atoms with Gasteiger partial charge in [-0.3, -0.25) is 0 Å². The van der Waals surface area contributed by atoms with Crippen LogP contribution >= 0.6 is 11.3 Å². The molecule has 2 aliphatic heterocycles. The van der Waals surface area contributed by atoms with Crippen LogP contribution in [0.3, 0.4) is 0 Å². The lowest BCUT2D eigenvalue weighted by Gasteiger charge is -2.47. The molecule has 2 atom stereocenters. The van der Waals surface area contributed by atoms with Crippen molar-refractivity contribution in [3.8, 4) is 0 Å². The molecule has 2 bridgehead atoms. The van der Waals surface area contributed by atoms with Crippen molar-refractivity contribution in [1.29, 1.82) is 0 Å². The van der Waals surface area contributed by atoms with E-state index in [-0.39, 0.29) is 0 Å². The highest BCUT2D eigenvalue weighted by molar-refractivity contribution is 7.09. The summed E-state index contributed by atoms with van der Waals surface area (Å²) < 4.78 is 0. The summed E-state index contributed by atoms with van der Waals surface area (Å²) in [5.74, 6) is 0.941. The molecule has 0 radical (unpaired) electrons. The van der Waals surface area contributed by atoms with Gasteiger partial charge in [0.15, 0.2) is 5.96 Å².